The second-order valence-electron chi connectivity index (χ2n) is 6.96. The number of aryl methyl sites for hydroxylation is 1. The molecule has 4 rings (SSSR count). The van der Waals surface area contributed by atoms with Gasteiger partial charge < -0.3 is 4.55 Å². The molecule has 170 valence electrons. The van der Waals surface area contributed by atoms with Gasteiger partial charge in [-0.25, -0.2) is 17.2 Å². The van der Waals surface area contributed by atoms with Crippen molar-refractivity contribution in [1.82, 2.24) is 0 Å². The maximum absolute atomic E-state index is 12.5. The van der Waals surface area contributed by atoms with Gasteiger partial charge in [0.05, 0.1) is 15.8 Å². The molecule has 0 saturated carbocycles. The lowest BCUT2D eigenvalue weighted by molar-refractivity contribution is 0.453. The van der Waals surface area contributed by atoms with Crippen molar-refractivity contribution in [3.05, 3.63) is 120 Å². The molecule has 0 aliphatic heterocycles. The molecule has 0 bridgehead atoms. The summed E-state index contributed by atoms with van der Waals surface area (Å²) in [7, 11) is -4.87. The zero-order chi connectivity index (χ0) is 23.8. The summed E-state index contributed by atoms with van der Waals surface area (Å²) in [6.45, 7) is 2.20. The molecule has 0 amide bonds. The van der Waals surface area contributed by atoms with E-state index in [1.54, 1.807) is 0 Å². The molecule has 0 heterocycles. The van der Waals surface area contributed by atoms with Crippen LogP contribution in [-0.4, -0.2) is 13.0 Å². The van der Waals surface area contributed by atoms with E-state index in [2.05, 4.69) is 91.9 Å². The third-order valence-electron chi connectivity index (χ3n) is 4.69. The molecule has 0 aliphatic rings. The van der Waals surface area contributed by atoms with Gasteiger partial charge in [-0.05, 0) is 60.5 Å². The lowest BCUT2D eigenvalue weighted by Crippen LogP contribution is -2.04. The second-order valence-corrected chi connectivity index (χ2v) is 10.3. The van der Waals surface area contributed by atoms with Crippen molar-refractivity contribution >= 4 is 21.0 Å². The molecular weight excluding hydrogens is 462 g/mol. The first kappa shape index (κ1) is 24.6. The van der Waals surface area contributed by atoms with Crippen molar-refractivity contribution in [2.45, 2.75) is 32.9 Å². The summed E-state index contributed by atoms with van der Waals surface area (Å²) >= 11 is 0. The zero-order valence-corrected chi connectivity index (χ0v) is 19.5. The lowest BCUT2D eigenvalue weighted by Gasteiger charge is -2.08. The molecule has 0 fully saturated rings. The molecule has 0 saturated heterocycles. The Morgan fingerprint density at radius 1 is 0.727 bits per heavy atom. The molecule has 4 aromatic carbocycles. The summed E-state index contributed by atoms with van der Waals surface area (Å²) in [5, 5.41) is 0. The van der Waals surface area contributed by atoms with Crippen LogP contribution in [0.3, 0.4) is 0 Å². The summed E-state index contributed by atoms with van der Waals surface area (Å²) in [5.41, 5.74) is 1.39. The molecule has 0 aromatic heterocycles. The summed E-state index contributed by atoms with van der Waals surface area (Å²) < 4.78 is 55.5. The Labute approximate surface area is 195 Å². The minimum Gasteiger partial charge on any atom is -0.744 e. The minimum absolute atomic E-state index is 0.0249. The largest absolute Gasteiger partial charge is 0.744 e. The molecule has 0 unspecified atom stereocenters. The Kier molecular flexibility index (Phi) is 8.38. The predicted molar refractivity (Wildman–Crippen MR) is 125 cm³/mol. The molecular formula is C26H22F2O3S2. The maximum Gasteiger partial charge on any atom is 0.166 e. The number of rotatable bonds is 5. The van der Waals surface area contributed by atoms with Crippen LogP contribution in [0.15, 0.2) is 123 Å². The highest BCUT2D eigenvalue weighted by Gasteiger charge is 2.27. The van der Waals surface area contributed by atoms with Crippen molar-refractivity contribution in [1.29, 1.82) is 0 Å². The van der Waals surface area contributed by atoms with Crippen LogP contribution in [0.1, 0.15) is 12.5 Å². The highest BCUT2D eigenvalue weighted by molar-refractivity contribution is 7.97. The first-order valence-corrected chi connectivity index (χ1v) is 12.8. The fraction of sp³-hybridized carbons (Fsp3) is 0.0769. The van der Waals surface area contributed by atoms with Gasteiger partial charge in [0.25, 0.3) is 0 Å². The first-order valence-electron chi connectivity index (χ1n) is 10.1. The average molecular weight is 485 g/mol. The van der Waals surface area contributed by atoms with Gasteiger partial charge >= 0.3 is 0 Å². The van der Waals surface area contributed by atoms with E-state index in [9.17, 15) is 21.8 Å². The normalized spacial score (nSPS) is 11.1. The molecule has 0 aliphatic carbocycles. The fourth-order valence-corrected chi connectivity index (χ4v) is 5.68. The van der Waals surface area contributed by atoms with Gasteiger partial charge in [-0.15, -0.1) is 0 Å². The van der Waals surface area contributed by atoms with E-state index in [1.165, 1.54) is 20.2 Å². The number of benzene rings is 4. The van der Waals surface area contributed by atoms with Crippen molar-refractivity contribution in [2.75, 3.05) is 0 Å². The second kappa shape index (κ2) is 11.2. The Bertz CT molecular complexity index is 1240. The zero-order valence-electron chi connectivity index (χ0n) is 17.8. The van der Waals surface area contributed by atoms with E-state index in [1.807, 2.05) is 0 Å². The maximum atomic E-state index is 12.5. The van der Waals surface area contributed by atoms with Crippen LogP contribution in [0.25, 0.3) is 0 Å². The summed E-state index contributed by atoms with van der Waals surface area (Å²) in [4.78, 5) is 3.08. The predicted octanol–water partition coefficient (Wildman–Crippen LogP) is 6.21. The fourth-order valence-electron chi connectivity index (χ4n) is 3.06. The molecule has 0 N–H and O–H groups in total. The Morgan fingerprint density at radius 3 is 1.64 bits per heavy atom. The third kappa shape index (κ3) is 6.74. The van der Waals surface area contributed by atoms with Gasteiger partial charge in [0, 0.05) is 6.07 Å². The van der Waals surface area contributed by atoms with Crippen LogP contribution in [-0.2, 0) is 27.4 Å². The van der Waals surface area contributed by atoms with Crippen LogP contribution >= 0.6 is 0 Å². The van der Waals surface area contributed by atoms with Gasteiger partial charge in [0.1, 0.15) is 21.8 Å². The van der Waals surface area contributed by atoms with Gasteiger partial charge in [-0.2, -0.15) is 0 Å². The smallest absolute Gasteiger partial charge is 0.166 e. The van der Waals surface area contributed by atoms with E-state index in [4.69, 9.17) is 0 Å². The molecule has 3 nitrogen and oxygen atoms in total. The Hall–Kier alpha value is -3.00. The third-order valence-corrected chi connectivity index (χ3v) is 7.79. The van der Waals surface area contributed by atoms with E-state index in [0.29, 0.717) is 18.2 Å². The average Bonchev–Trinajstić information content (AvgIpc) is 2.81. The van der Waals surface area contributed by atoms with Crippen LogP contribution in [0.2, 0.25) is 0 Å². The SMILES string of the molecule is CCc1ccc([S+](c2ccccc2)c2ccccc2)cc1.O=S(=O)([O-])c1ccc(F)cc1F. The molecule has 0 spiro atoms. The van der Waals surface area contributed by atoms with Crippen LogP contribution in [0, 0.1) is 11.6 Å². The molecule has 4 aromatic rings. The molecule has 0 radical (unpaired) electrons. The van der Waals surface area contributed by atoms with Gasteiger partial charge in [-0.1, -0.05) is 55.5 Å². The van der Waals surface area contributed by atoms with Crippen molar-refractivity contribution in [3.63, 3.8) is 0 Å². The van der Waals surface area contributed by atoms with E-state index >= 15 is 0 Å². The standard InChI is InChI=1S/C20H19S.C6H4F2O3S/c1-2-17-13-15-20(16-14-17)21(18-9-5-3-6-10-18)19-11-7-4-8-12-19;7-4-1-2-6(5(8)3-4)12(9,10)11/h3-16H,2H2,1H3;1-3H,(H,9,10,11)/q+1;/p-1. The van der Waals surface area contributed by atoms with E-state index in [-0.39, 0.29) is 10.9 Å². The first-order chi connectivity index (χ1) is 15.8. The van der Waals surface area contributed by atoms with Crippen molar-refractivity contribution in [3.8, 4) is 0 Å². The molecule has 33 heavy (non-hydrogen) atoms. The van der Waals surface area contributed by atoms with E-state index < -0.39 is 26.6 Å². The topological polar surface area (TPSA) is 57.2 Å². The van der Waals surface area contributed by atoms with Crippen LogP contribution < -0.4 is 0 Å². The van der Waals surface area contributed by atoms with Gasteiger partial charge in [-0.3, -0.25) is 0 Å². The van der Waals surface area contributed by atoms with Crippen LogP contribution in [0.5, 0.6) is 0 Å². The Balaban J connectivity index is 0.000000218. The van der Waals surface area contributed by atoms with Crippen molar-refractivity contribution < 1.29 is 21.8 Å². The number of hydrogen-bond donors (Lipinski definition) is 0. The lowest BCUT2D eigenvalue weighted by atomic mass is 10.2. The highest BCUT2D eigenvalue weighted by atomic mass is 32.2. The van der Waals surface area contributed by atoms with Crippen LogP contribution in [0.4, 0.5) is 8.78 Å². The Morgan fingerprint density at radius 2 is 1.21 bits per heavy atom. The monoisotopic (exact) mass is 484 g/mol. The van der Waals surface area contributed by atoms with Gasteiger partial charge in [0.2, 0.25) is 0 Å². The molecule has 7 heteroatoms. The quantitative estimate of drug-likeness (QED) is 0.250. The van der Waals surface area contributed by atoms with Crippen molar-refractivity contribution in [2.24, 2.45) is 0 Å². The van der Waals surface area contributed by atoms with E-state index in [0.717, 1.165) is 6.42 Å². The highest BCUT2D eigenvalue weighted by Crippen LogP contribution is 2.31. The number of halogens is 2. The minimum atomic E-state index is -4.84. The van der Waals surface area contributed by atoms with Gasteiger partial charge in [0.15, 0.2) is 14.7 Å². The molecule has 0 atom stereocenters. The summed E-state index contributed by atoms with van der Waals surface area (Å²) in [6.07, 6.45) is 1.09. The summed E-state index contributed by atoms with van der Waals surface area (Å²) in [5.74, 6) is -2.30. The summed E-state index contributed by atoms with van der Waals surface area (Å²) in [6, 6.07) is 32.3. The number of hydrogen-bond acceptors (Lipinski definition) is 3.